The van der Waals surface area contributed by atoms with Crippen LogP contribution in [0.2, 0.25) is 0 Å². The number of carbonyl (C=O) groups is 1. The number of benzene rings is 1. The molecule has 0 aliphatic carbocycles. The number of carbonyl (C=O) groups excluding carboxylic acids is 1. The number of fused-ring (bicyclic) bond motifs is 1. The Balaban J connectivity index is 1.58. The smallest absolute Gasteiger partial charge is 0.319 e. The van der Waals surface area contributed by atoms with Crippen LogP contribution in [0.25, 0.3) is 0 Å². The minimum absolute atomic E-state index is 0.300. The van der Waals surface area contributed by atoms with Gasteiger partial charge < -0.3 is 15.2 Å². The zero-order valence-electron chi connectivity index (χ0n) is 12.2. The van der Waals surface area contributed by atoms with E-state index in [0.717, 1.165) is 37.5 Å². The second-order valence-electron chi connectivity index (χ2n) is 5.31. The Morgan fingerprint density at radius 3 is 3.05 bits per heavy atom. The van der Waals surface area contributed by atoms with Gasteiger partial charge in [0.05, 0.1) is 6.54 Å². The van der Waals surface area contributed by atoms with Crippen LogP contribution in [-0.4, -0.2) is 20.8 Å². The van der Waals surface area contributed by atoms with Crippen LogP contribution in [0.5, 0.6) is 0 Å². The summed E-state index contributed by atoms with van der Waals surface area (Å²) in [5.74, 6) is 1.35. The molecule has 2 amide bonds. The zero-order valence-corrected chi connectivity index (χ0v) is 12.2. The molecule has 1 aliphatic rings. The summed E-state index contributed by atoms with van der Waals surface area (Å²) in [6.45, 7) is 1.19. The number of hydrogen-bond acceptors (Lipinski definition) is 3. The maximum atomic E-state index is 13.1. The van der Waals surface area contributed by atoms with Crippen molar-refractivity contribution >= 4 is 11.7 Å². The Morgan fingerprint density at radius 2 is 2.18 bits per heavy atom. The van der Waals surface area contributed by atoms with Gasteiger partial charge in [0.1, 0.15) is 11.6 Å². The third kappa shape index (κ3) is 3.41. The quantitative estimate of drug-likeness (QED) is 0.915. The summed E-state index contributed by atoms with van der Waals surface area (Å²) in [6, 6.07) is 5.38. The summed E-state index contributed by atoms with van der Waals surface area (Å²) >= 11 is 0. The number of urea groups is 1. The number of amides is 2. The van der Waals surface area contributed by atoms with Gasteiger partial charge in [-0.15, -0.1) is 10.2 Å². The first-order chi connectivity index (χ1) is 10.7. The molecule has 2 N–H and O–H groups in total. The van der Waals surface area contributed by atoms with E-state index in [0.29, 0.717) is 12.2 Å². The third-order valence-electron chi connectivity index (χ3n) is 3.68. The molecule has 0 bridgehead atoms. The van der Waals surface area contributed by atoms with Gasteiger partial charge in [0, 0.05) is 18.7 Å². The van der Waals surface area contributed by atoms with Crippen molar-refractivity contribution in [1.82, 2.24) is 20.1 Å². The van der Waals surface area contributed by atoms with Crippen molar-refractivity contribution in [1.29, 1.82) is 0 Å². The number of aryl methyl sites for hydroxylation is 1. The van der Waals surface area contributed by atoms with Gasteiger partial charge >= 0.3 is 6.03 Å². The lowest BCUT2D eigenvalue weighted by Crippen LogP contribution is -2.29. The van der Waals surface area contributed by atoms with Crippen LogP contribution in [0.1, 0.15) is 30.9 Å². The van der Waals surface area contributed by atoms with Gasteiger partial charge in [-0.3, -0.25) is 0 Å². The van der Waals surface area contributed by atoms with Gasteiger partial charge in [-0.1, -0.05) is 12.5 Å². The minimum atomic E-state index is -0.392. The number of rotatable bonds is 3. The minimum Gasteiger partial charge on any atom is -0.331 e. The van der Waals surface area contributed by atoms with E-state index in [2.05, 4.69) is 25.4 Å². The number of hydrogen-bond donors (Lipinski definition) is 2. The fourth-order valence-corrected chi connectivity index (χ4v) is 2.58. The maximum Gasteiger partial charge on any atom is 0.319 e. The summed E-state index contributed by atoms with van der Waals surface area (Å²) < 4.78 is 15.1. The lowest BCUT2D eigenvalue weighted by Gasteiger charge is -2.09. The molecular formula is C15H18FN5O. The first kappa shape index (κ1) is 14.5. The monoisotopic (exact) mass is 303 g/mol. The van der Waals surface area contributed by atoms with E-state index in [4.69, 9.17) is 0 Å². The second kappa shape index (κ2) is 6.55. The van der Waals surface area contributed by atoms with E-state index in [1.165, 1.54) is 18.6 Å². The molecule has 2 aromatic rings. The zero-order chi connectivity index (χ0) is 15.4. The van der Waals surface area contributed by atoms with Crippen LogP contribution in [-0.2, 0) is 19.5 Å². The molecule has 1 aliphatic heterocycles. The first-order valence-electron chi connectivity index (χ1n) is 7.44. The lowest BCUT2D eigenvalue weighted by atomic mass is 10.2. The van der Waals surface area contributed by atoms with Gasteiger partial charge in [0.2, 0.25) is 0 Å². The van der Waals surface area contributed by atoms with E-state index in [-0.39, 0.29) is 5.82 Å². The van der Waals surface area contributed by atoms with Crippen molar-refractivity contribution in [3.8, 4) is 0 Å². The summed E-state index contributed by atoms with van der Waals surface area (Å²) in [4.78, 5) is 11.9. The van der Waals surface area contributed by atoms with Gasteiger partial charge in [0.15, 0.2) is 5.82 Å². The normalized spacial score (nSPS) is 14.0. The topological polar surface area (TPSA) is 71.8 Å². The Bertz CT molecular complexity index is 670. The maximum absolute atomic E-state index is 13.1. The second-order valence-corrected chi connectivity index (χ2v) is 5.31. The molecule has 7 heteroatoms. The number of aromatic nitrogens is 3. The number of halogens is 1. The highest BCUT2D eigenvalue weighted by Crippen LogP contribution is 2.14. The number of nitrogens with zero attached hydrogens (tertiary/aromatic N) is 3. The molecule has 3 rings (SSSR count). The van der Waals surface area contributed by atoms with Crippen LogP contribution < -0.4 is 10.6 Å². The van der Waals surface area contributed by atoms with E-state index in [1.807, 2.05) is 0 Å². The van der Waals surface area contributed by atoms with Gasteiger partial charge in [0.25, 0.3) is 0 Å². The van der Waals surface area contributed by atoms with Gasteiger partial charge in [-0.2, -0.15) is 0 Å². The lowest BCUT2D eigenvalue weighted by molar-refractivity contribution is 0.251. The average Bonchev–Trinajstić information content (AvgIpc) is 2.72. The molecular weight excluding hydrogens is 285 g/mol. The molecule has 1 aromatic carbocycles. The molecule has 0 atom stereocenters. The SMILES string of the molecule is O=C(NCc1nnc2n1CCCCC2)Nc1cccc(F)c1. The van der Waals surface area contributed by atoms with Gasteiger partial charge in [-0.25, -0.2) is 9.18 Å². The predicted molar refractivity (Wildman–Crippen MR) is 79.8 cm³/mol. The predicted octanol–water partition coefficient (Wildman–Crippen LogP) is 2.47. The summed E-state index contributed by atoms with van der Waals surface area (Å²) in [5.41, 5.74) is 0.414. The Hall–Kier alpha value is -2.44. The van der Waals surface area contributed by atoms with Crippen molar-refractivity contribution < 1.29 is 9.18 Å². The van der Waals surface area contributed by atoms with Crippen molar-refractivity contribution in [3.05, 3.63) is 41.7 Å². The fourth-order valence-electron chi connectivity index (χ4n) is 2.58. The molecule has 116 valence electrons. The molecule has 22 heavy (non-hydrogen) atoms. The standard InChI is InChI=1S/C15H18FN5O/c16-11-5-4-6-12(9-11)18-15(22)17-10-14-20-19-13-7-2-1-3-8-21(13)14/h4-6,9H,1-3,7-8,10H2,(H2,17,18,22). The fraction of sp³-hybridized carbons (Fsp3) is 0.400. The Morgan fingerprint density at radius 1 is 1.27 bits per heavy atom. The molecule has 0 saturated carbocycles. The van der Waals surface area contributed by atoms with Crippen LogP contribution in [0, 0.1) is 5.82 Å². The Kier molecular flexibility index (Phi) is 4.32. The number of nitrogens with one attached hydrogen (secondary N) is 2. The van der Waals surface area contributed by atoms with Crippen molar-refractivity contribution in [3.63, 3.8) is 0 Å². The third-order valence-corrected chi connectivity index (χ3v) is 3.68. The average molecular weight is 303 g/mol. The van der Waals surface area contributed by atoms with Gasteiger partial charge in [-0.05, 0) is 31.0 Å². The molecule has 0 unspecified atom stereocenters. The largest absolute Gasteiger partial charge is 0.331 e. The molecule has 0 radical (unpaired) electrons. The van der Waals surface area contributed by atoms with E-state index < -0.39 is 6.03 Å². The van der Waals surface area contributed by atoms with E-state index in [9.17, 15) is 9.18 Å². The van der Waals surface area contributed by atoms with Crippen LogP contribution in [0.3, 0.4) is 0 Å². The van der Waals surface area contributed by atoms with Crippen LogP contribution in [0.15, 0.2) is 24.3 Å². The highest BCUT2D eigenvalue weighted by atomic mass is 19.1. The van der Waals surface area contributed by atoms with E-state index in [1.54, 1.807) is 12.1 Å². The molecule has 2 heterocycles. The molecule has 0 saturated heterocycles. The van der Waals surface area contributed by atoms with E-state index >= 15 is 0 Å². The van der Waals surface area contributed by atoms with Crippen molar-refractivity contribution in [2.45, 2.75) is 38.8 Å². The van der Waals surface area contributed by atoms with Crippen LogP contribution >= 0.6 is 0 Å². The van der Waals surface area contributed by atoms with Crippen molar-refractivity contribution in [2.24, 2.45) is 0 Å². The molecule has 1 aromatic heterocycles. The molecule has 0 spiro atoms. The highest BCUT2D eigenvalue weighted by Gasteiger charge is 2.15. The summed E-state index contributed by atoms with van der Waals surface area (Å²) in [5, 5.41) is 13.6. The highest BCUT2D eigenvalue weighted by molar-refractivity contribution is 5.89. The molecule has 6 nitrogen and oxygen atoms in total. The van der Waals surface area contributed by atoms with Crippen LogP contribution in [0.4, 0.5) is 14.9 Å². The van der Waals surface area contributed by atoms with Crippen molar-refractivity contribution in [2.75, 3.05) is 5.32 Å². The first-order valence-corrected chi connectivity index (χ1v) is 7.44. The Labute approximate surface area is 127 Å². The summed E-state index contributed by atoms with van der Waals surface area (Å²) in [6.07, 6.45) is 4.36. The summed E-state index contributed by atoms with van der Waals surface area (Å²) in [7, 11) is 0. The number of anilines is 1. The molecule has 0 fully saturated rings.